The second-order valence-corrected chi connectivity index (χ2v) is 5.14. The van der Waals surface area contributed by atoms with E-state index in [0.717, 1.165) is 19.4 Å². The van der Waals surface area contributed by atoms with E-state index in [1.807, 2.05) is 4.57 Å². The Balaban J connectivity index is 2.22. The van der Waals surface area contributed by atoms with Crippen LogP contribution in [0.15, 0.2) is 6.33 Å². The van der Waals surface area contributed by atoms with Gasteiger partial charge in [0.25, 0.3) is 0 Å². The van der Waals surface area contributed by atoms with Crippen LogP contribution in [0.5, 0.6) is 6.01 Å². The summed E-state index contributed by atoms with van der Waals surface area (Å²) in [5.74, 6) is 0.722. The minimum Gasteiger partial charge on any atom is -0.463 e. The van der Waals surface area contributed by atoms with Gasteiger partial charge in [-0.25, -0.2) is 4.98 Å². The van der Waals surface area contributed by atoms with Crippen molar-refractivity contribution >= 4 is 17.0 Å². The number of ether oxygens (including phenoxy) is 1. The average Bonchev–Trinajstić information content (AvgIpc) is 2.81. The molecule has 7 nitrogen and oxygen atoms in total. The molecule has 0 saturated carbocycles. The molecular weight excluding hydrogens is 258 g/mol. The fraction of sp³-hybridized carbons (Fsp3) is 0.615. The van der Waals surface area contributed by atoms with Crippen LogP contribution < -0.4 is 10.5 Å². The van der Waals surface area contributed by atoms with Gasteiger partial charge >= 0.3 is 6.01 Å². The SMILES string of the molecule is CC(C)COc1nc(N)c2ncn(CCCCO)c2n1. The predicted molar refractivity (Wildman–Crippen MR) is 76.4 cm³/mol. The molecule has 0 aliphatic heterocycles. The van der Waals surface area contributed by atoms with Gasteiger partial charge in [-0.3, -0.25) is 0 Å². The number of unbranched alkanes of at least 4 members (excludes halogenated alkanes) is 1. The molecule has 0 radical (unpaired) electrons. The number of fused-ring (bicyclic) bond motifs is 1. The van der Waals surface area contributed by atoms with Crippen molar-refractivity contribution in [3.05, 3.63) is 6.33 Å². The van der Waals surface area contributed by atoms with Crippen molar-refractivity contribution in [1.29, 1.82) is 0 Å². The summed E-state index contributed by atoms with van der Waals surface area (Å²) in [4.78, 5) is 12.7. The van der Waals surface area contributed by atoms with Crippen LogP contribution in [0.2, 0.25) is 0 Å². The summed E-state index contributed by atoms with van der Waals surface area (Å²) >= 11 is 0. The largest absolute Gasteiger partial charge is 0.463 e. The molecule has 3 N–H and O–H groups in total. The first-order chi connectivity index (χ1) is 9.61. The van der Waals surface area contributed by atoms with E-state index in [1.165, 1.54) is 0 Å². The Labute approximate surface area is 117 Å². The molecule has 0 atom stereocenters. The summed E-state index contributed by atoms with van der Waals surface area (Å²) in [6, 6.07) is 0.285. The first-order valence-corrected chi connectivity index (χ1v) is 6.83. The zero-order chi connectivity index (χ0) is 14.5. The van der Waals surface area contributed by atoms with Crippen molar-refractivity contribution in [3.63, 3.8) is 0 Å². The zero-order valence-corrected chi connectivity index (χ0v) is 11.9. The molecule has 0 aromatic carbocycles. The molecule has 0 spiro atoms. The number of nitrogens with zero attached hydrogens (tertiary/aromatic N) is 4. The van der Waals surface area contributed by atoms with E-state index < -0.39 is 0 Å². The average molecular weight is 279 g/mol. The summed E-state index contributed by atoms with van der Waals surface area (Å²) in [6.45, 7) is 5.58. The summed E-state index contributed by atoms with van der Waals surface area (Å²) in [7, 11) is 0. The highest BCUT2D eigenvalue weighted by molar-refractivity contribution is 5.81. The highest BCUT2D eigenvalue weighted by Crippen LogP contribution is 2.19. The van der Waals surface area contributed by atoms with Crippen molar-refractivity contribution < 1.29 is 9.84 Å². The smallest absolute Gasteiger partial charge is 0.320 e. The number of nitrogen functional groups attached to an aromatic ring is 1. The number of aromatic nitrogens is 4. The highest BCUT2D eigenvalue weighted by atomic mass is 16.5. The minimum atomic E-state index is 0.187. The van der Waals surface area contributed by atoms with Gasteiger partial charge in [0.05, 0.1) is 12.9 Å². The molecule has 2 aromatic rings. The number of imidazole rings is 1. The van der Waals surface area contributed by atoms with Gasteiger partial charge in [-0.1, -0.05) is 13.8 Å². The molecule has 20 heavy (non-hydrogen) atoms. The van der Waals surface area contributed by atoms with E-state index in [2.05, 4.69) is 28.8 Å². The van der Waals surface area contributed by atoms with E-state index in [4.69, 9.17) is 15.6 Å². The van der Waals surface area contributed by atoms with Gasteiger partial charge in [-0.15, -0.1) is 0 Å². The Morgan fingerprint density at radius 2 is 2.15 bits per heavy atom. The molecule has 0 aliphatic rings. The Morgan fingerprint density at radius 1 is 1.35 bits per heavy atom. The number of anilines is 1. The molecule has 0 bridgehead atoms. The van der Waals surface area contributed by atoms with E-state index in [0.29, 0.717) is 29.5 Å². The number of rotatable bonds is 7. The maximum absolute atomic E-state index is 8.83. The van der Waals surface area contributed by atoms with E-state index >= 15 is 0 Å². The molecule has 2 aromatic heterocycles. The Kier molecular flexibility index (Phi) is 4.73. The molecule has 2 heterocycles. The normalized spacial score (nSPS) is 11.4. The third-order valence-corrected chi connectivity index (χ3v) is 2.82. The lowest BCUT2D eigenvalue weighted by molar-refractivity contribution is 0.252. The van der Waals surface area contributed by atoms with Crippen LogP contribution in [0.3, 0.4) is 0 Å². The fourth-order valence-corrected chi connectivity index (χ4v) is 1.81. The standard InChI is InChI=1S/C13H21N5O2/c1-9(2)7-20-13-16-11(14)10-12(17-13)18(8-15-10)5-3-4-6-19/h8-9,19H,3-7H2,1-2H3,(H2,14,16,17). The van der Waals surface area contributed by atoms with Gasteiger partial charge in [0.1, 0.15) is 5.52 Å². The van der Waals surface area contributed by atoms with Gasteiger partial charge < -0.3 is 20.1 Å². The molecule has 0 saturated heterocycles. The van der Waals surface area contributed by atoms with Crippen molar-refractivity contribution in [2.45, 2.75) is 33.2 Å². The maximum Gasteiger partial charge on any atom is 0.320 e. The first kappa shape index (κ1) is 14.5. The number of hydrogen-bond acceptors (Lipinski definition) is 6. The second-order valence-electron chi connectivity index (χ2n) is 5.14. The number of nitrogens with two attached hydrogens (primary N) is 1. The quantitative estimate of drug-likeness (QED) is 0.739. The van der Waals surface area contributed by atoms with Gasteiger partial charge in [-0.05, 0) is 18.8 Å². The van der Waals surface area contributed by atoms with E-state index in [9.17, 15) is 0 Å². The van der Waals surface area contributed by atoms with E-state index in [-0.39, 0.29) is 12.6 Å². The molecule has 7 heteroatoms. The van der Waals surface area contributed by atoms with Gasteiger partial charge in [0.2, 0.25) is 0 Å². The summed E-state index contributed by atoms with van der Waals surface area (Å²) in [5.41, 5.74) is 7.15. The highest BCUT2D eigenvalue weighted by Gasteiger charge is 2.12. The van der Waals surface area contributed by atoms with Crippen molar-refractivity contribution in [2.24, 2.45) is 5.92 Å². The number of aliphatic hydroxyl groups is 1. The van der Waals surface area contributed by atoms with Gasteiger partial charge in [-0.2, -0.15) is 9.97 Å². The molecule has 0 aliphatic carbocycles. The monoisotopic (exact) mass is 279 g/mol. The van der Waals surface area contributed by atoms with E-state index in [1.54, 1.807) is 6.33 Å². The van der Waals surface area contributed by atoms with Crippen LogP contribution in [0.25, 0.3) is 11.2 Å². The maximum atomic E-state index is 8.83. The summed E-state index contributed by atoms with van der Waals surface area (Å²) < 4.78 is 7.43. The second kappa shape index (κ2) is 6.51. The minimum absolute atomic E-state index is 0.187. The molecular formula is C13H21N5O2. The van der Waals surface area contributed by atoms with Crippen LogP contribution in [-0.4, -0.2) is 37.8 Å². The van der Waals surface area contributed by atoms with Crippen LogP contribution in [0, 0.1) is 5.92 Å². The Morgan fingerprint density at radius 3 is 2.85 bits per heavy atom. The van der Waals surface area contributed by atoms with Crippen LogP contribution >= 0.6 is 0 Å². The number of aryl methyl sites for hydroxylation is 1. The lowest BCUT2D eigenvalue weighted by atomic mass is 10.2. The number of aliphatic hydroxyl groups excluding tert-OH is 1. The van der Waals surface area contributed by atoms with Crippen molar-refractivity contribution in [2.75, 3.05) is 18.9 Å². The topological polar surface area (TPSA) is 99.1 Å². The fourth-order valence-electron chi connectivity index (χ4n) is 1.81. The van der Waals surface area contributed by atoms with Crippen LogP contribution in [0.1, 0.15) is 26.7 Å². The molecule has 0 unspecified atom stereocenters. The van der Waals surface area contributed by atoms with Crippen molar-refractivity contribution in [3.8, 4) is 6.01 Å². The van der Waals surface area contributed by atoms with Gasteiger partial charge in [0.15, 0.2) is 11.5 Å². The van der Waals surface area contributed by atoms with Crippen LogP contribution in [0.4, 0.5) is 5.82 Å². The third-order valence-electron chi connectivity index (χ3n) is 2.82. The van der Waals surface area contributed by atoms with Crippen LogP contribution in [-0.2, 0) is 6.54 Å². The lowest BCUT2D eigenvalue weighted by Gasteiger charge is -2.08. The summed E-state index contributed by atoms with van der Waals surface area (Å²) in [6.07, 6.45) is 3.30. The molecule has 110 valence electrons. The third kappa shape index (κ3) is 3.36. The van der Waals surface area contributed by atoms with Crippen molar-refractivity contribution in [1.82, 2.24) is 19.5 Å². The number of hydrogen-bond donors (Lipinski definition) is 2. The predicted octanol–water partition coefficient (Wildman–Crippen LogP) is 1.22. The Hall–Kier alpha value is -1.89. The summed E-state index contributed by atoms with van der Waals surface area (Å²) in [5, 5.41) is 8.83. The molecule has 0 amide bonds. The first-order valence-electron chi connectivity index (χ1n) is 6.83. The zero-order valence-electron chi connectivity index (χ0n) is 11.9. The molecule has 0 fully saturated rings. The molecule has 2 rings (SSSR count). The van der Waals surface area contributed by atoms with Gasteiger partial charge in [0, 0.05) is 13.2 Å². The Bertz CT molecular complexity index is 567. The lowest BCUT2D eigenvalue weighted by Crippen LogP contribution is -2.09.